The Morgan fingerprint density at radius 3 is 2.56 bits per heavy atom. The fourth-order valence-corrected chi connectivity index (χ4v) is 3.20. The minimum atomic E-state index is 0.533. The van der Waals surface area contributed by atoms with Crippen molar-refractivity contribution in [1.29, 1.82) is 0 Å². The Hall–Kier alpha value is -0.540. The van der Waals surface area contributed by atoms with Gasteiger partial charge in [-0.15, -0.1) is 0 Å². The molecule has 0 radical (unpaired) electrons. The third-order valence-corrected chi connectivity index (χ3v) is 5.21. The van der Waals surface area contributed by atoms with Gasteiger partial charge in [-0.2, -0.15) is 0 Å². The van der Waals surface area contributed by atoms with E-state index in [1.807, 2.05) is 0 Å². The van der Waals surface area contributed by atoms with Gasteiger partial charge in [0.2, 0.25) is 0 Å². The van der Waals surface area contributed by atoms with E-state index in [0.29, 0.717) is 12.0 Å². The molecule has 2 nitrogen and oxygen atoms in total. The number of halogens is 1. The van der Waals surface area contributed by atoms with Gasteiger partial charge in [0, 0.05) is 35.4 Å². The molecule has 0 saturated carbocycles. The average molecular weight is 311 g/mol. The van der Waals surface area contributed by atoms with Crippen molar-refractivity contribution >= 4 is 21.6 Å². The molecular formula is C15H23BrN2. The zero-order valence-corrected chi connectivity index (χ0v) is 13.0. The first kappa shape index (κ1) is 13.9. The second-order valence-electron chi connectivity index (χ2n) is 5.59. The molecule has 3 heteroatoms. The summed E-state index contributed by atoms with van der Waals surface area (Å²) in [6.07, 6.45) is 3.84. The summed E-state index contributed by atoms with van der Waals surface area (Å²) in [6.45, 7) is 7.61. The minimum Gasteiger partial charge on any atom is -0.371 e. The summed E-state index contributed by atoms with van der Waals surface area (Å²) in [5, 5.41) is 0. The summed E-state index contributed by atoms with van der Waals surface area (Å²) in [4.78, 5) is 2.49. The number of hydrogen-bond donors (Lipinski definition) is 1. The van der Waals surface area contributed by atoms with Gasteiger partial charge in [0.15, 0.2) is 0 Å². The van der Waals surface area contributed by atoms with E-state index in [2.05, 4.69) is 52.9 Å². The third kappa shape index (κ3) is 2.72. The van der Waals surface area contributed by atoms with Crippen LogP contribution in [0.1, 0.15) is 38.7 Å². The van der Waals surface area contributed by atoms with E-state index in [4.69, 9.17) is 5.73 Å². The highest BCUT2D eigenvalue weighted by Crippen LogP contribution is 2.37. The van der Waals surface area contributed by atoms with Crippen LogP contribution in [-0.2, 0) is 6.54 Å². The maximum Gasteiger partial charge on any atom is 0.0423 e. The molecule has 0 spiro atoms. The quantitative estimate of drug-likeness (QED) is 0.916. The maximum atomic E-state index is 5.88. The van der Waals surface area contributed by atoms with Crippen LogP contribution in [-0.4, -0.2) is 13.1 Å². The molecule has 0 aliphatic carbocycles. The Bertz CT molecular complexity index is 409. The molecule has 0 amide bonds. The molecule has 1 heterocycles. The van der Waals surface area contributed by atoms with Gasteiger partial charge < -0.3 is 10.6 Å². The van der Waals surface area contributed by atoms with Crippen LogP contribution in [0, 0.1) is 5.41 Å². The number of nitrogens with zero attached hydrogens (tertiary/aromatic N) is 1. The fraction of sp³-hybridized carbons (Fsp3) is 0.600. The number of anilines is 1. The highest BCUT2D eigenvalue weighted by Gasteiger charge is 2.29. The van der Waals surface area contributed by atoms with Gasteiger partial charge in [-0.1, -0.05) is 42.3 Å². The summed E-state index contributed by atoms with van der Waals surface area (Å²) in [7, 11) is 0. The van der Waals surface area contributed by atoms with E-state index >= 15 is 0 Å². The Labute approximate surface area is 119 Å². The highest BCUT2D eigenvalue weighted by atomic mass is 79.9. The molecule has 2 N–H and O–H groups in total. The van der Waals surface area contributed by atoms with Crippen molar-refractivity contribution in [1.82, 2.24) is 0 Å². The standard InChI is InChI=1S/C15H23BrN2/c1-3-15(2)7-9-18(10-8-15)14-6-4-5-13(16)12(14)11-17/h4-6H,3,7-11,17H2,1-2H3. The van der Waals surface area contributed by atoms with E-state index in [-0.39, 0.29) is 0 Å². The summed E-state index contributed by atoms with van der Waals surface area (Å²) in [6, 6.07) is 6.37. The topological polar surface area (TPSA) is 29.3 Å². The van der Waals surface area contributed by atoms with Crippen LogP contribution in [0.25, 0.3) is 0 Å². The number of piperidine rings is 1. The molecule has 1 aliphatic rings. The number of rotatable bonds is 3. The fourth-order valence-electron chi connectivity index (χ4n) is 2.69. The van der Waals surface area contributed by atoms with Gasteiger partial charge in [-0.3, -0.25) is 0 Å². The smallest absolute Gasteiger partial charge is 0.0423 e. The third-order valence-electron chi connectivity index (χ3n) is 4.46. The molecule has 0 bridgehead atoms. The molecule has 1 aromatic rings. The SMILES string of the molecule is CCC1(C)CCN(c2cccc(Br)c2CN)CC1. The van der Waals surface area contributed by atoms with Crippen molar-refractivity contribution in [3.63, 3.8) is 0 Å². The molecule has 0 atom stereocenters. The zero-order valence-electron chi connectivity index (χ0n) is 11.4. The van der Waals surface area contributed by atoms with Crippen molar-refractivity contribution in [3.8, 4) is 0 Å². The van der Waals surface area contributed by atoms with E-state index in [9.17, 15) is 0 Å². The molecular weight excluding hydrogens is 288 g/mol. The predicted octanol–water partition coefficient (Wildman–Crippen LogP) is 3.92. The van der Waals surface area contributed by atoms with Crippen molar-refractivity contribution < 1.29 is 0 Å². The molecule has 0 aromatic heterocycles. The molecule has 0 unspecified atom stereocenters. The molecule has 2 rings (SSSR count). The van der Waals surface area contributed by atoms with Gasteiger partial charge in [-0.25, -0.2) is 0 Å². The van der Waals surface area contributed by atoms with Crippen LogP contribution in [0.2, 0.25) is 0 Å². The largest absolute Gasteiger partial charge is 0.371 e. The lowest BCUT2D eigenvalue weighted by atomic mass is 9.78. The van der Waals surface area contributed by atoms with Crippen LogP contribution >= 0.6 is 15.9 Å². The van der Waals surface area contributed by atoms with Gasteiger partial charge in [0.25, 0.3) is 0 Å². The normalized spacial score (nSPS) is 19.0. The van der Waals surface area contributed by atoms with Gasteiger partial charge in [-0.05, 0) is 30.4 Å². The summed E-state index contributed by atoms with van der Waals surface area (Å²) in [5.41, 5.74) is 8.96. The van der Waals surface area contributed by atoms with Crippen LogP contribution in [0.5, 0.6) is 0 Å². The van der Waals surface area contributed by atoms with E-state index < -0.39 is 0 Å². The maximum absolute atomic E-state index is 5.88. The summed E-state index contributed by atoms with van der Waals surface area (Å²) in [5.74, 6) is 0. The Balaban J connectivity index is 2.17. The number of nitrogens with two attached hydrogens (primary N) is 1. The van der Waals surface area contributed by atoms with Gasteiger partial charge in [0.05, 0.1) is 0 Å². The second-order valence-corrected chi connectivity index (χ2v) is 6.45. The zero-order chi connectivity index (χ0) is 13.2. The van der Waals surface area contributed by atoms with E-state index in [0.717, 1.165) is 17.6 Å². The molecule has 100 valence electrons. The molecule has 1 aliphatic heterocycles. The lowest BCUT2D eigenvalue weighted by Crippen LogP contribution is -2.39. The first-order chi connectivity index (χ1) is 8.59. The van der Waals surface area contributed by atoms with Crippen LogP contribution in [0.3, 0.4) is 0 Å². The molecule has 1 aromatic carbocycles. The minimum absolute atomic E-state index is 0.533. The van der Waals surface area contributed by atoms with E-state index in [1.54, 1.807) is 0 Å². The first-order valence-electron chi connectivity index (χ1n) is 6.82. The molecule has 1 saturated heterocycles. The van der Waals surface area contributed by atoms with E-state index in [1.165, 1.54) is 30.5 Å². The first-order valence-corrected chi connectivity index (χ1v) is 7.61. The highest BCUT2D eigenvalue weighted by molar-refractivity contribution is 9.10. The van der Waals surface area contributed by atoms with Crippen molar-refractivity contribution in [2.45, 2.75) is 39.7 Å². The number of benzene rings is 1. The lowest BCUT2D eigenvalue weighted by molar-refractivity contribution is 0.238. The Morgan fingerprint density at radius 1 is 1.33 bits per heavy atom. The average Bonchev–Trinajstić information content (AvgIpc) is 2.39. The van der Waals surface area contributed by atoms with Crippen molar-refractivity contribution in [2.24, 2.45) is 11.1 Å². The van der Waals surface area contributed by atoms with Crippen LogP contribution < -0.4 is 10.6 Å². The monoisotopic (exact) mass is 310 g/mol. The second kappa shape index (κ2) is 5.62. The van der Waals surface area contributed by atoms with Crippen LogP contribution in [0.4, 0.5) is 5.69 Å². The summed E-state index contributed by atoms with van der Waals surface area (Å²) >= 11 is 3.60. The van der Waals surface area contributed by atoms with Gasteiger partial charge >= 0.3 is 0 Å². The Morgan fingerprint density at radius 2 is 2.00 bits per heavy atom. The summed E-state index contributed by atoms with van der Waals surface area (Å²) < 4.78 is 1.13. The van der Waals surface area contributed by atoms with Gasteiger partial charge in [0.1, 0.15) is 0 Å². The molecule has 1 fully saturated rings. The van der Waals surface area contributed by atoms with Crippen molar-refractivity contribution in [3.05, 3.63) is 28.2 Å². The molecule has 18 heavy (non-hydrogen) atoms. The lowest BCUT2D eigenvalue weighted by Gasteiger charge is -2.40. The van der Waals surface area contributed by atoms with Crippen LogP contribution in [0.15, 0.2) is 22.7 Å². The number of hydrogen-bond acceptors (Lipinski definition) is 2. The predicted molar refractivity (Wildman–Crippen MR) is 81.9 cm³/mol. The van der Waals surface area contributed by atoms with Crippen molar-refractivity contribution in [2.75, 3.05) is 18.0 Å². The Kier molecular flexibility index (Phi) is 4.33.